The van der Waals surface area contributed by atoms with Crippen molar-refractivity contribution < 1.29 is 13.5 Å². The van der Waals surface area contributed by atoms with Gasteiger partial charge in [-0.25, -0.2) is 13.8 Å². The van der Waals surface area contributed by atoms with Gasteiger partial charge in [0.05, 0.1) is 19.7 Å². The van der Waals surface area contributed by atoms with Crippen LogP contribution < -0.4 is 10.1 Å². The highest BCUT2D eigenvalue weighted by molar-refractivity contribution is 5.29. The zero-order valence-corrected chi connectivity index (χ0v) is 13.7. The van der Waals surface area contributed by atoms with E-state index < -0.39 is 6.17 Å². The maximum atomic E-state index is 13.7. The molecule has 0 amide bonds. The number of rotatable bonds is 6. The zero-order chi connectivity index (χ0) is 17.1. The summed E-state index contributed by atoms with van der Waals surface area (Å²) in [6.07, 6.45) is -0.442. The summed E-state index contributed by atoms with van der Waals surface area (Å²) in [5, 5.41) is 10.1. The Morgan fingerprint density at radius 2 is 2.21 bits per heavy atom. The number of benzene rings is 1. The maximum Gasteiger partial charge on any atom is 0.167 e. The summed E-state index contributed by atoms with van der Waals surface area (Å²) in [4.78, 5) is 6.41. The number of hydrogen-bond acceptors (Lipinski definition) is 5. The Balaban J connectivity index is 1.58. The molecule has 1 saturated heterocycles. The van der Waals surface area contributed by atoms with Crippen molar-refractivity contribution in [3.05, 3.63) is 41.2 Å². The normalized spacial score (nSPS) is 20.7. The van der Waals surface area contributed by atoms with Crippen molar-refractivity contribution in [1.29, 1.82) is 0 Å². The van der Waals surface area contributed by atoms with Crippen LogP contribution in [0.25, 0.3) is 0 Å². The van der Waals surface area contributed by atoms with Gasteiger partial charge in [0.1, 0.15) is 12.0 Å². The number of H-pyrrole nitrogens is 1. The van der Waals surface area contributed by atoms with Crippen molar-refractivity contribution in [3.63, 3.8) is 0 Å². The maximum absolute atomic E-state index is 13.7. The van der Waals surface area contributed by atoms with Gasteiger partial charge in [-0.05, 0) is 24.7 Å². The molecule has 0 aliphatic carbocycles. The lowest BCUT2D eigenvalue weighted by Crippen LogP contribution is -2.18. The van der Waals surface area contributed by atoms with E-state index in [9.17, 15) is 8.78 Å². The van der Waals surface area contributed by atoms with E-state index in [1.54, 1.807) is 6.07 Å². The van der Waals surface area contributed by atoms with Crippen molar-refractivity contribution in [2.75, 3.05) is 20.7 Å². The van der Waals surface area contributed by atoms with E-state index in [1.165, 1.54) is 13.2 Å². The average molecular weight is 337 g/mol. The van der Waals surface area contributed by atoms with Crippen LogP contribution in [0, 0.1) is 5.82 Å². The number of halogens is 2. The minimum atomic E-state index is -0.843. The molecule has 130 valence electrons. The first kappa shape index (κ1) is 16.8. The van der Waals surface area contributed by atoms with E-state index >= 15 is 0 Å². The van der Waals surface area contributed by atoms with Crippen LogP contribution in [0.3, 0.4) is 0 Å². The molecule has 6 nitrogen and oxygen atoms in total. The summed E-state index contributed by atoms with van der Waals surface area (Å²) in [7, 11) is 3.35. The lowest BCUT2D eigenvalue weighted by atomic mass is 10.2. The van der Waals surface area contributed by atoms with Gasteiger partial charge >= 0.3 is 0 Å². The lowest BCUT2D eigenvalue weighted by Gasteiger charge is -2.15. The summed E-state index contributed by atoms with van der Waals surface area (Å²) < 4.78 is 31.9. The SMILES string of the molecule is COc1ccc(CN(C)Cc2nc([C@H]3C[C@H](F)CN3)n[nH]2)cc1F. The molecular formula is C16H21F2N5O. The van der Waals surface area contributed by atoms with Crippen LogP contribution in [0.2, 0.25) is 0 Å². The molecular weight excluding hydrogens is 316 g/mol. The van der Waals surface area contributed by atoms with Gasteiger partial charge < -0.3 is 10.1 Å². The van der Waals surface area contributed by atoms with E-state index in [1.807, 2.05) is 18.0 Å². The molecule has 1 aromatic carbocycles. The Hall–Kier alpha value is -2.06. The molecule has 24 heavy (non-hydrogen) atoms. The molecule has 2 atom stereocenters. The van der Waals surface area contributed by atoms with Crippen molar-refractivity contribution in [2.24, 2.45) is 0 Å². The number of nitrogens with one attached hydrogen (secondary N) is 2. The highest BCUT2D eigenvalue weighted by Gasteiger charge is 2.27. The zero-order valence-electron chi connectivity index (χ0n) is 13.7. The fourth-order valence-corrected chi connectivity index (χ4v) is 2.86. The summed E-state index contributed by atoms with van der Waals surface area (Å²) in [5.41, 5.74) is 0.841. The molecule has 0 saturated carbocycles. The number of ether oxygens (including phenoxy) is 1. The minimum Gasteiger partial charge on any atom is -0.494 e. The van der Waals surface area contributed by atoms with Crippen LogP contribution in [-0.4, -0.2) is 47.0 Å². The number of nitrogens with zero attached hydrogens (tertiary/aromatic N) is 3. The molecule has 1 aliphatic heterocycles. The molecule has 1 fully saturated rings. The first-order valence-electron chi connectivity index (χ1n) is 7.84. The van der Waals surface area contributed by atoms with Gasteiger partial charge in [0.25, 0.3) is 0 Å². The first-order chi connectivity index (χ1) is 11.5. The fraction of sp³-hybridized carbons (Fsp3) is 0.500. The van der Waals surface area contributed by atoms with Gasteiger partial charge in [0.2, 0.25) is 0 Å². The van der Waals surface area contributed by atoms with Crippen LogP contribution in [0.15, 0.2) is 18.2 Å². The Bertz CT molecular complexity index is 693. The van der Waals surface area contributed by atoms with Crippen LogP contribution in [0.1, 0.15) is 29.7 Å². The highest BCUT2D eigenvalue weighted by Crippen LogP contribution is 2.22. The largest absolute Gasteiger partial charge is 0.494 e. The fourth-order valence-electron chi connectivity index (χ4n) is 2.86. The van der Waals surface area contributed by atoms with Crippen molar-refractivity contribution in [1.82, 2.24) is 25.4 Å². The summed E-state index contributed by atoms with van der Waals surface area (Å²) >= 11 is 0. The second-order valence-corrected chi connectivity index (χ2v) is 6.08. The lowest BCUT2D eigenvalue weighted by molar-refractivity contribution is 0.309. The number of hydrogen-bond donors (Lipinski definition) is 2. The molecule has 0 unspecified atom stereocenters. The van der Waals surface area contributed by atoms with Gasteiger partial charge in [-0.3, -0.25) is 10.00 Å². The Kier molecular flexibility index (Phi) is 5.06. The van der Waals surface area contributed by atoms with Gasteiger partial charge in [-0.1, -0.05) is 6.07 Å². The predicted molar refractivity (Wildman–Crippen MR) is 84.8 cm³/mol. The van der Waals surface area contributed by atoms with Crippen LogP contribution in [-0.2, 0) is 13.1 Å². The van der Waals surface area contributed by atoms with Gasteiger partial charge in [-0.15, -0.1) is 0 Å². The van der Waals surface area contributed by atoms with Gasteiger partial charge in [0, 0.05) is 19.5 Å². The van der Waals surface area contributed by atoms with E-state index in [0.29, 0.717) is 37.7 Å². The summed E-state index contributed by atoms with van der Waals surface area (Å²) in [6, 6.07) is 4.77. The Morgan fingerprint density at radius 1 is 1.38 bits per heavy atom. The van der Waals surface area contributed by atoms with E-state index in [2.05, 4.69) is 20.5 Å². The predicted octanol–water partition coefficient (Wildman–Crippen LogP) is 1.96. The molecule has 1 aliphatic rings. The van der Waals surface area contributed by atoms with E-state index in [4.69, 9.17) is 4.74 Å². The quantitative estimate of drug-likeness (QED) is 0.843. The molecule has 0 bridgehead atoms. The number of alkyl halides is 1. The van der Waals surface area contributed by atoms with Gasteiger partial charge in [-0.2, -0.15) is 5.10 Å². The molecule has 2 N–H and O–H groups in total. The molecule has 0 spiro atoms. The summed E-state index contributed by atoms with van der Waals surface area (Å²) in [5.74, 6) is 1.15. The van der Waals surface area contributed by atoms with Crippen LogP contribution in [0.4, 0.5) is 8.78 Å². The number of methoxy groups -OCH3 is 1. The van der Waals surface area contributed by atoms with Crippen LogP contribution >= 0.6 is 0 Å². The Labute approximate surface area is 139 Å². The molecule has 3 rings (SSSR count). The van der Waals surface area contributed by atoms with Crippen molar-refractivity contribution in [3.8, 4) is 5.75 Å². The standard InChI is InChI=1S/C16H21F2N5O/c1-23(8-10-3-4-14(24-2)12(18)5-10)9-15-20-16(22-21-15)13-6-11(17)7-19-13/h3-5,11,13,19H,6-9H2,1-2H3,(H,20,21,22)/t11-,13+/m0/s1. The molecule has 8 heteroatoms. The van der Waals surface area contributed by atoms with E-state index in [0.717, 1.165) is 5.56 Å². The molecule has 2 aromatic rings. The Morgan fingerprint density at radius 3 is 2.88 bits per heavy atom. The number of aromatic amines is 1. The van der Waals surface area contributed by atoms with Gasteiger partial charge in [0.15, 0.2) is 17.4 Å². The van der Waals surface area contributed by atoms with Crippen LogP contribution in [0.5, 0.6) is 5.75 Å². The second-order valence-electron chi connectivity index (χ2n) is 6.08. The minimum absolute atomic E-state index is 0.133. The molecule has 2 heterocycles. The molecule has 1 aromatic heterocycles. The topological polar surface area (TPSA) is 66.1 Å². The summed E-state index contributed by atoms with van der Waals surface area (Å²) in [6.45, 7) is 1.44. The molecule has 0 radical (unpaired) electrons. The third kappa shape index (κ3) is 3.88. The second kappa shape index (κ2) is 7.23. The monoisotopic (exact) mass is 337 g/mol. The smallest absolute Gasteiger partial charge is 0.167 e. The van der Waals surface area contributed by atoms with Crippen molar-refractivity contribution in [2.45, 2.75) is 31.7 Å². The average Bonchev–Trinajstić information content (AvgIpc) is 3.16. The third-order valence-electron chi connectivity index (χ3n) is 4.03. The van der Waals surface area contributed by atoms with Crippen molar-refractivity contribution >= 4 is 0 Å². The first-order valence-corrected chi connectivity index (χ1v) is 7.84. The third-order valence-corrected chi connectivity index (χ3v) is 4.03. The number of aromatic nitrogens is 3. The van der Waals surface area contributed by atoms with E-state index in [-0.39, 0.29) is 17.6 Å². The highest BCUT2D eigenvalue weighted by atomic mass is 19.1.